The lowest BCUT2D eigenvalue weighted by Crippen LogP contribution is -2.34. The van der Waals surface area contributed by atoms with E-state index in [0.29, 0.717) is 17.8 Å². The third-order valence-electron chi connectivity index (χ3n) is 4.35. The molecular formula is C17H24O2. The predicted octanol–water partition coefficient (Wildman–Crippen LogP) is 3.77. The van der Waals surface area contributed by atoms with Gasteiger partial charge in [0, 0.05) is 5.92 Å². The first kappa shape index (κ1) is 14.1. The maximum Gasteiger partial charge on any atom is 0.0997 e. The van der Waals surface area contributed by atoms with Gasteiger partial charge in [0.2, 0.25) is 0 Å². The van der Waals surface area contributed by atoms with Gasteiger partial charge in [-0.05, 0) is 47.9 Å². The molecule has 1 aromatic rings. The molecule has 0 radical (unpaired) electrons. The highest BCUT2D eigenvalue weighted by Crippen LogP contribution is 2.45. The van der Waals surface area contributed by atoms with E-state index >= 15 is 0 Å². The first-order chi connectivity index (χ1) is 9.06. The van der Waals surface area contributed by atoms with Crippen molar-refractivity contribution in [2.45, 2.75) is 33.8 Å². The van der Waals surface area contributed by atoms with E-state index < -0.39 is 0 Å². The summed E-state index contributed by atoms with van der Waals surface area (Å²) in [6, 6.07) is 6.07. The van der Waals surface area contributed by atoms with Gasteiger partial charge in [0.05, 0.1) is 19.5 Å². The smallest absolute Gasteiger partial charge is 0.0997 e. The van der Waals surface area contributed by atoms with Gasteiger partial charge in [-0.2, -0.15) is 0 Å². The summed E-state index contributed by atoms with van der Waals surface area (Å²) in [6.45, 7) is 6.75. The largest absolute Gasteiger partial charge is 0.501 e. The zero-order valence-electron chi connectivity index (χ0n) is 12.3. The van der Waals surface area contributed by atoms with Crippen LogP contribution in [-0.4, -0.2) is 12.2 Å². The van der Waals surface area contributed by atoms with Gasteiger partial charge in [-0.15, -0.1) is 0 Å². The van der Waals surface area contributed by atoms with Crippen molar-refractivity contribution in [2.24, 2.45) is 17.8 Å². The van der Waals surface area contributed by atoms with Gasteiger partial charge in [0.1, 0.15) is 0 Å². The Kier molecular flexibility index (Phi) is 4.31. The maximum absolute atomic E-state index is 9.15. The zero-order chi connectivity index (χ0) is 14.0. The number of aliphatic hydroxyl groups is 1. The molecule has 2 unspecified atom stereocenters. The van der Waals surface area contributed by atoms with Gasteiger partial charge < -0.3 is 9.84 Å². The molecule has 0 aliphatic heterocycles. The molecule has 1 saturated carbocycles. The van der Waals surface area contributed by atoms with Crippen LogP contribution in [0.25, 0.3) is 6.08 Å². The second kappa shape index (κ2) is 5.79. The third kappa shape index (κ3) is 2.84. The fourth-order valence-electron chi connectivity index (χ4n) is 3.25. The molecule has 0 amide bonds. The summed E-state index contributed by atoms with van der Waals surface area (Å²) >= 11 is 0. The highest BCUT2D eigenvalue weighted by atomic mass is 16.5. The molecule has 0 aromatic heterocycles. The lowest BCUT2D eigenvalue weighted by atomic mass is 9.65. The molecule has 2 nitrogen and oxygen atoms in total. The second-order valence-electron chi connectivity index (χ2n) is 5.82. The SMILES string of the molecule is CO/C(=C/c1ccc(CO)cc1C)C1C(C)CC1C. The van der Waals surface area contributed by atoms with Crippen LogP contribution in [0, 0.1) is 24.7 Å². The number of aliphatic hydroxyl groups excluding tert-OH is 1. The van der Waals surface area contributed by atoms with E-state index in [1.54, 1.807) is 7.11 Å². The highest BCUT2D eigenvalue weighted by molar-refractivity contribution is 5.56. The molecule has 19 heavy (non-hydrogen) atoms. The average Bonchev–Trinajstić information content (AvgIpc) is 2.39. The lowest BCUT2D eigenvalue weighted by molar-refractivity contribution is 0.0766. The molecular weight excluding hydrogens is 236 g/mol. The number of methoxy groups -OCH3 is 1. The van der Waals surface area contributed by atoms with E-state index in [-0.39, 0.29) is 6.61 Å². The topological polar surface area (TPSA) is 29.5 Å². The number of ether oxygens (including phenoxy) is 1. The average molecular weight is 260 g/mol. The first-order valence-electron chi connectivity index (χ1n) is 7.02. The molecule has 2 atom stereocenters. The van der Waals surface area contributed by atoms with Crippen molar-refractivity contribution < 1.29 is 9.84 Å². The number of rotatable bonds is 4. The molecule has 1 N–H and O–H groups in total. The summed E-state index contributed by atoms with van der Waals surface area (Å²) in [6.07, 6.45) is 3.45. The molecule has 0 heterocycles. The van der Waals surface area contributed by atoms with Crippen LogP contribution >= 0.6 is 0 Å². The minimum absolute atomic E-state index is 0.0959. The van der Waals surface area contributed by atoms with E-state index in [9.17, 15) is 0 Å². The maximum atomic E-state index is 9.15. The Bertz CT molecular complexity index is 468. The Morgan fingerprint density at radius 3 is 2.53 bits per heavy atom. The number of allylic oxidation sites excluding steroid dienone is 1. The van der Waals surface area contributed by atoms with Gasteiger partial charge in [0.25, 0.3) is 0 Å². The molecule has 2 rings (SSSR count). The van der Waals surface area contributed by atoms with Crippen molar-refractivity contribution in [1.82, 2.24) is 0 Å². The van der Waals surface area contributed by atoms with Crippen LogP contribution in [-0.2, 0) is 11.3 Å². The normalized spacial score (nSPS) is 27.0. The Hall–Kier alpha value is -1.28. The van der Waals surface area contributed by atoms with Crippen LogP contribution < -0.4 is 0 Å². The second-order valence-corrected chi connectivity index (χ2v) is 5.82. The Morgan fingerprint density at radius 1 is 1.37 bits per heavy atom. The number of aryl methyl sites for hydroxylation is 1. The Balaban J connectivity index is 2.27. The minimum Gasteiger partial charge on any atom is -0.501 e. The van der Waals surface area contributed by atoms with Gasteiger partial charge >= 0.3 is 0 Å². The quantitative estimate of drug-likeness (QED) is 0.835. The monoisotopic (exact) mass is 260 g/mol. The minimum atomic E-state index is 0.0959. The van der Waals surface area contributed by atoms with Crippen LogP contribution in [0.4, 0.5) is 0 Å². The highest BCUT2D eigenvalue weighted by Gasteiger charge is 2.38. The zero-order valence-corrected chi connectivity index (χ0v) is 12.3. The standard InChI is InChI=1S/C17H24O2/c1-11-8-14(10-18)5-6-15(11)9-16(19-4)17-12(2)7-13(17)3/h5-6,8-9,12-13,17-18H,7,10H2,1-4H3/b16-9+. The fourth-order valence-corrected chi connectivity index (χ4v) is 3.25. The number of hydrogen-bond acceptors (Lipinski definition) is 2. The molecule has 1 fully saturated rings. The summed E-state index contributed by atoms with van der Waals surface area (Å²) in [4.78, 5) is 0. The molecule has 104 valence electrons. The summed E-state index contributed by atoms with van der Waals surface area (Å²) < 4.78 is 5.62. The van der Waals surface area contributed by atoms with E-state index in [0.717, 1.165) is 11.3 Å². The van der Waals surface area contributed by atoms with E-state index in [2.05, 4.69) is 32.9 Å². The van der Waals surface area contributed by atoms with Crippen molar-refractivity contribution in [1.29, 1.82) is 0 Å². The molecule has 0 spiro atoms. The molecule has 0 bridgehead atoms. The van der Waals surface area contributed by atoms with Gasteiger partial charge in [-0.3, -0.25) is 0 Å². The number of benzene rings is 1. The van der Waals surface area contributed by atoms with Crippen LogP contribution in [0.5, 0.6) is 0 Å². The fraction of sp³-hybridized carbons (Fsp3) is 0.529. The van der Waals surface area contributed by atoms with Crippen LogP contribution in [0.1, 0.15) is 37.0 Å². The van der Waals surface area contributed by atoms with Crippen LogP contribution in [0.15, 0.2) is 24.0 Å². The molecule has 2 heteroatoms. The van der Waals surface area contributed by atoms with E-state index in [1.165, 1.54) is 17.5 Å². The van der Waals surface area contributed by atoms with Crippen molar-refractivity contribution in [3.63, 3.8) is 0 Å². The van der Waals surface area contributed by atoms with Gasteiger partial charge in [0.15, 0.2) is 0 Å². The number of hydrogen-bond donors (Lipinski definition) is 1. The van der Waals surface area contributed by atoms with Gasteiger partial charge in [-0.25, -0.2) is 0 Å². The Morgan fingerprint density at radius 2 is 2.05 bits per heavy atom. The summed E-state index contributed by atoms with van der Waals surface area (Å²) in [5, 5.41) is 9.15. The molecule has 1 aliphatic rings. The van der Waals surface area contributed by atoms with Crippen LogP contribution in [0.2, 0.25) is 0 Å². The van der Waals surface area contributed by atoms with Crippen LogP contribution in [0.3, 0.4) is 0 Å². The summed E-state index contributed by atoms with van der Waals surface area (Å²) in [7, 11) is 1.76. The molecule has 1 aromatic carbocycles. The summed E-state index contributed by atoms with van der Waals surface area (Å²) in [5.41, 5.74) is 3.32. The third-order valence-corrected chi connectivity index (χ3v) is 4.35. The first-order valence-corrected chi connectivity index (χ1v) is 7.02. The van der Waals surface area contributed by atoms with Gasteiger partial charge in [-0.1, -0.05) is 32.0 Å². The van der Waals surface area contributed by atoms with E-state index in [1.807, 2.05) is 12.1 Å². The van der Waals surface area contributed by atoms with E-state index in [4.69, 9.17) is 9.84 Å². The summed E-state index contributed by atoms with van der Waals surface area (Å²) in [5.74, 6) is 3.05. The molecule has 1 aliphatic carbocycles. The van der Waals surface area contributed by atoms with Crippen molar-refractivity contribution in [2.75, 3.05) is 7.11 Å². The molecule has 0 saturated heterocycles. The van der Waals surface area contributed by atoms with Crippen molar-refractivity contribution in [3.8, 4) is 0 Å². The Labute approximate surface area is 116 Å². The lowest BCUT2D eigenvalue weighted by Gasteiger charge is -2.41. The predicted molar refractivity (Wildman–Crippen MR) is 78.5 cm³/mol. The van der Waals surface area contributed by atoms with Crippen molar-refractivity contribution >= 4 is 6.08 Å². The van der Waals surface area contributed by atoms with Crippen molar-refractivity contribution in [3.05, 3.63) is 40.6 Å².